The van der Waals surface area contributed by atoms with Gasteiger partial charge in [-0.1, -0.05) is 0 Å². The van der Waals surface area contributed by atoms with Crippen molar-refractivity contribution >= 4 is 34.6 Å². The molecule has 0 amide bonds. The molecule has 4 aromatic rings. The third kappa shape index (κ3) is 3.19. The van der Waals surface area contributed by atoms with Gasteiger partial charge in [-0.15, -0.1) is 0 Å². The summed E-state index contributed by atoms with van der Waals surface area (Å²) in [7, 11) is 0. The summed E-state index contributed by atoms with van der Waals surface area (Å²) in [6.07, 6.45) is 12.4. The number of anilines is 6. The van der Waals surface area contributed by atoms with Gasteiger partial charge in [0.1, 0.15) is 29.6 Å². The molecule has 0 aliphatic carbocycles. The molecule has 11 nitrogen and oxygen atoms in total. The Hall–Kier alpha value is -5.19. The van der Waals surface area contributed by atoms with E-state index in [-0.39, 0.29) is 0 Å². The molecule has 6 heterocycles. The number of hydrogen-bond acceptors (Lipinski definition) is 7. The van der Waals surface area contributed by atoms with E-state index in [1.54, 1.807) is 43.2 Å². The number of H-pyrrole nitrogens is 4. The van der Waals surface area contributed by atoms with Crippen LogP contribution in [-0.4, -0.2) is 34.9 Å². The first kappa shape index (κ1) is 19.5. The molecule has 0 atom stereocenters. The molecular weight excluding hydrogens is 430 g/mol. The number of aromatic amines is 4. The lowest BCUT2D eigenvalue weighted by Gasteiger charge is -2.09. The number of rotatable bonds is 6. The third-order valence-electron chi connectivity index (χ3n) is 5.64. The highest BCUT2D eigenvalue weighted by Crippen LogP contribution is 2.41. The summed E-state index contributed by atoms with van der Waals surface area (Å²) in [5.41, 5.74) is 18.2. The second-order valence-corrected chi connectivity index (χ2v) is 7.70. The van der Waals surface area contributed by atoms with Gasteiger partial charge in [-0.2, -0.15) is 0 Å². The Morgan fingerprint density at radius 2 is 1.00 bits per heavy atom. The van der Waals surface area contributed by atoms with Crippen molar-refractivity contribution < 1.29 is 0 Å². The minimum absolute atomic E-state index is 0.617. The van der Waals surface area contributed by atoms with Gasteiger partial charge in [0, 0.05) is 59.4 Å². The third-order valence-corrected chi connectivity index (χ3v) is 5.64. The van der Waals surface area contributed by atoms with Crippen LogP contribution >= 0.6 is 0 Å². The molecular formula is C23H21N11. The summed E-state index contributed by atoms with van der Waals surface area (Å²) in [6.45, 7) is 0. The van der Waals surface area contributed by atoms with Crippen molar-refractivity contribution in [3.63, 3.8) is 0 Å². The number of fused-ring (bicyclic) bond motifs is 1. The van der Waals surface area contributed by atoms with Crippen LogP contribution in [0.2, 0.25) is 0 Å². The van der Waals surface area contributed by atoms with E-state index in [0.29, 0.717) is 23.0 Å². The van der Waals surface area contributed by atoms with Crippen molar-refractivity contribution in [3.8, 4) is 33.6 Å². The van der Waals surface area contributed by atoms with E-state index < -0.39 is 0 Å². The molecule has 0 bridgehead atoms. The van der Waals surface area contributed by atoms with E-state index in [0.717, 1.165) is 45.3 Å². The van der Waals surface area contributed by atoms with E-state index in [1.807, 2.05) is 24.5 Å². The Morgan fingerprint density at radius 3 is 1.44 bits per heavy atom. The van der Waals surface area contributed by atoms with Crippen LogP contribution in [0.3, 0.4) is 0 Å². The molecule has 0 radical (unpaired) electrons. The highest BCUT2D eigenvalue weighted by Gasteiger charge is 2.22. The standard InChI is InChI=1S/C23H21N11/c24-16-3-7-29-22(16)33-20-12(1-5-27-20)18-14-9-26-10-15(14)19(32-11-31-18)13-2-6-28-21(13)34-23-17(25)4-8-30-23/h1-11,27-30,33-34H,24-25H2. The molecule has 10 N–H and O–H groups in total. The first-order chi connectivity index (χ1) is 16.7. The fourth-order valence-corrected chi connectivity index (χ4v) is 3.99. The Balaban J connectivity index is 1.41. The van der Waals surface area contributed by atoms with Gasteiger partial charge in [0.15, 0.2) is 0 Å². The average Bonchev–Trinajstić information content (AvgIpc) is 3.65. The summed E-state index contributed by atoms with van der Waals surface area (Å²) >= 11 is 0. The van der Waals surface area contributed by atoms with E-state index in [2.05, 4.69) is 45.5 Å². The predicted octanol–water partition coefficient (Wildman–Crippen LogP) is 4.27. The summed E-state index contributed by atoms with van der Waals surface area (Å²) in [4.78, 5) is 26.4. The summed E-state index contributed by atoms with van der Waals surface area (Å²) in [6, 6.07) is 7.50. The van der Waals surface area contributed by atoms with Crippen molar-refractivity contribution in [1.29, 1.82) is 0 Å². The van der Waals surface area contributed by atoms with Crippen LogP contribution in [0.25, 0.3) is 33.6 Å². The maximum Gasteiger partial charge on any atom is 0.132 e. The van der Waals surface area contributed by atoms with Crippen LogP contribution in [0.15, 0.2) is 67.8 Å². The maximum absolute atomic E-state index is 6.02. The van der Waals surface area contributed by atoms with Crippen LogP contribution in [0.4, 0.5) is 34.6 Å². The number of nitrogens with two attached hydrogens (primary N) is 2. The molecule has 0 spiro atoms. The molecule has 6 rings (SSSR count). The maximum atomic E-state index is 6.02. The van der Waals surface area contributed by atoms with Gasteiger partial charge in [-0.25, -0.2) is 9.97 Å². The van der Waals surface area contributed by atoms with Crippen molar-refractivity contribution in [1.82, 2.24) is 34.9 Å². The smallest absolute Gasteiger partial charge is 0.132 e. The van der Waals surface area contributed by atoms with Gasteiger partial charge in [0.2, 0.25) is 0 Å². The zero-order chi connectivity index (χ0) is 23.1. The first-order valence-electron chi connectivity index (χ1n) is 10.5. The Bertz CT molecular complexity index is 1440. The molecule has 0 unspecified atom stereocenters. The average molecular weight is 451 g/mol. The topological polar surface area (TPSA) is 178 Å². The predicted molar refractivity (Wildman–Crippen MR) is 133 cm³/mol. The van der Waals surface area contributed by atoms with Gasteiger partial charge >= 0.3 is 0 Å². The Labute approximate surface area is 193 Å². The SMILES string of the molecule is Nc1cc[nH]c1Nc1[nH]ccc1-c1ncnc(-c2cc[nH]c2Nc2[nH]ccc2N)c2cncc1-2. The molecule has 34 heavy (non-hydrogen) atoms. The second-order valence-electron chi connectivity index (χ2n) is 7.70. The number of nitrogens with one attached hydrogen (secondary N) is 6. The van der Waals surface area contributed by atoms with Crippen molar-refractivity contribution in [2.45, 2.75) is 0 Å². The van der Waals surface area contributed by atoms with Gasteiger partial charge in [0.05, 0.1) is 22.8 Å². The quantitative estimate of drug-likeness (QED) is 0.186. The summed E-state index contributed by atoms with van der Waals surface area (Å²) in [5.74, 6) is 2.91. The lowest BCUT2D eigenvalue weighted by Crippen LogP contribution is -1.97. The number of aromatic nitrogens is 7. The lowest BCUT2D eigenvalue weighted by molar-refractivity contribution is 1.22. The fraction of sp³-hybridized carbons (Fsp3) is 0. The van der Waals surface area contributed by atoms with E-state index in [9.17, 15) is 0 Å². The molecule has 0 fully saturated rings. The molecule has 2 aliphatic rings. The van der Waals surface area contributed by atoms with Crippen LogP contribution < -0.4 is 22.1 Å². The molecule has 0 saturated heterocycles. The Kier molecular flexibility index (Phi) is 4.44. The largest absolute Gasteiger partial charge is 0.396 e. The molecule has 4 aromatic heterocycles. The van der Waals surface area contributed by atoms with Crippen LogP contribution in [0, 0.1) is 0 Å². The molecule has 168 valence electrons. The number of nitrogens with zero attached hydrogens (tertiary/aromatic N) is 3. The van der Waals surface area contributed by atoms with Gasteiger partial charge in [-0.05, 0) is 24.3 Å². The van der Waals surface area contributed by atoms with Gasteiger partial charge in [0.25, 0.3) is 0 Å². The lowest BCUT2D eigenvalue weighted by atomic mass is 10.0. The highest BCUT2D eigenvalue weighted by atomic mass is 15.1. The van der Waals surface area contributed by atoms with Crippen LogP contribution in [0.1, 0.15) is 0 Å². The highest BCUT2D eigenvalue weighted by molar-refractivity contribution is 5.94. The fourth-order valence-electron chi connectivity index (χ4n) is 3.99. The summed E-state index contributed by atoms with van der Waals surface area (Å²) in [5, 5.41) is 6.60. The monoisotopic (exact) mass is 451 g/mol. The van der Waals surface area contributed by atoms with Crippen LogP contribution in [0.5, 0.6) is 0 Å². The second kappa shape index (κ2) is 7.74. The number of hydrogen-bond donors (Lipinski definition) is 8. The van der Waals surface area contributed by atoms with E-state index in [4.69, 9.17) is 11.5 Å². The van der Waals surface area contributed by atoms with Crippen molar-refractivity contribution in [2.24, 2.45) is 0 Å². The molecule has 0 saturated carbocycles. The van der Waals surface area contributed by atoms with Crippen LogP contribution in [-0.2, 0) is 0 Å². The van der Waals surface area contributed by atoms with Crippen molar-refractivity contribution in [2.75, 3.05) is 22.1 Å². The van der Waals surface area contributed by atoms with E-state index in [1.165, 1.54) is 0 Å². The van der Waals surface area contributed by atoms with Gasteiger partial charge in [-0.3, -0.25) is 4.98 Å². The Morgan fingerprint density at radius 1 is 0.559 bits per heavy atom. The zero-order valence-corrected chi connectivity index (χ0v) is 17.8. The summed E-state index contributed by atoms with van der Waals surface area (Å²) < 4.78 is 0. The minimum atomic E-state index is 0.617. The number of nitrogen functional groups attached to an aromatic ring is 2. The molecule has 2 aliphatic heterocycles. The normalized spacial score (nSPS) is 11.2. The molecule has 11 heteroatoms. The minimum Gasteiger partial charge on any atom is -0.396 e. The zero-order valence-electron chi connectivity index (χ0n) is 17.8. The van der Waals surface area contributed by atoms with Gasteiger partial charge < -0.3 is 42.0 Å². The van der Waals surface area contributed by atoms with Crippen molar-refractivity contribution in [3.05, 3.63) is 67.8 Å². The first-order valence-corrected chi connectivity index (χ1v) is 10.5. The van der Waals surface area contributed by atoms with E-state index >= 15 is 0 Å². The molecule has 0 aromatic carbocycles.